The van der Waals surface area contributed by atoms with Crippen LogP contribution in [0.15, 0.2) is 30.3 Å². The number of morpholine rings is 1. The van der Waals surface area contributed by atoms with Crippen LogP contribution < -0.4 is 10.6 Å². The summed E-state index contributed by atoms with van der Waals surface area (Å²) in [5.74, 6) is -0.378. The molecule has 0 radical (unpaired) electrons. The summed E-state index contributed by atoms with van der Waals surface area (Å²) in [6.45, 7) is 4.84. The summed E-state index contributed by atoms with van der Waals surface area (Å²) < 4.78 is 5.29. The number of imide groups is 1. The number of benzene rings is 1. The zero-order chi connectivity index (χ0) is 19.1. The van der Waals surface area contributed by atoms with Crippen LogP contribution in [0.5, 0.6) is 0 Å². The molecule has 27 heavy (non-hydrogen) atoms. The largest absolute Gasteiger partial charge is 0.379 e. The molecule has 0 spiro atoms. The molecule has 2 aliphatic heterocycles. The van der Waals surface area contributed by atoms with Crippen LogP contribution in [-0.4, -0.2) is 73.1 Å². The fourth-order valence-corrected chi connectivity index (χ4v) is 3.23. The Morgan fingerprint density at radius 3 is 2.67 bits per heavy atom. The average molecular weight is 374 g/mol. The summed E-state index contributed by atoms with van der Waals surface area (Å²) in [6, 6.07) is 8.33. The summed E-state index contributed by atoms with van der Waals surface area (Å²) in [7, 11) is 0. The Kier molecular flexibility index (Phi) is 6.78. The number of carbonyl (C=O) groups excluding carboxylic acids is 3. The Morgan fingerprint density at radius 2 is 1.93 bits per heavy atom. The molecule has 1 unspecified atom stereocenters. The molecule has 0 aliphatic carbocycles. The number of amides is 4. The maximum atomic E-state index is 12.4. The third-order valence-electron chi connectivity index (χ3n) is 4.80. The molecule has 1 aromatic rings. The van der Waals surface area contributed by atoms with Crippen LogP contribution in [0.4, 0.5) is 4.79 Å². The third kappa shape index (κ3) is 5.51. The fourth-order valence-electron chi connectivity index (χ4n) is 3.23. The Labute approximate surface area is 158 Å². The van der Waals surface area contributed by atoms with Gasteiger partial charge in [-0.05, 0) is 12.0 Å². The summed E-state index contributed by atoms with van der Waals surface area (Å²) in [5, 5.41) is 5.54. The highest BCUT2D eigenvalue weighted by Crippen LogP contribution is 2.15. The number of nitrogens with one attached hydrogen (secondary N) is 2. The lowest BCUT2D eigenvalue weighted by molar-refractivity contribution is -0.128. The van der Waals surface area contributed by atoms with Crippen molar-refractivity contribution in [2.75, 3.05) is 39.4 Å². The van der Waals surface area contributed by atoms with E-state index in [9.17, 15) is 14.4 Å². The fraction of sp³-hybridized carbons (Fsp3) is 0.526. The number of ether oxygens (including phenoxy) is 1. The topological polar surface area (TPSA) is 91.0 Å². The van der Waals surface area contributed by atoms with Crippen LogP contribution in [0.1, 0.15) is 18.4 Å². The molecule has 8 nitrogen and oxygen atoms in total. The first-order chi connectivity index (χ1) is 13.1. The number of rotatable bonds is 8. The van der Waals surface area contributed by atoms with Crippen LogP contribution in [0.2, 0.25) is 0 Å². The highest BCUT2D eigenvalue weighted by molar-refractivity contribution is 6.04. The van der Waals surface area contributed by atoms with Gasteiger partial charge in [0.1, 0.15) is 6.04 Å². The predicted molar refractivity (Wildman–Crippen MR) is 98.8 cm³/mol. The summed E-state index contributed by atoms with van der Waals surface area (Å²) >= 11 is 0. The quantitative estimate of drug-likeness (QED) is 0.640. The van der Waals surface area contributed by atoms with Gasteiger partial charge in [-0.1, -0.05) is 30.3 Å². The van der Waals surface area contributed by atoms with Crippen molar-refractivity contribution in [3.63, 3.8) is 0 Å². The minimum absolute atomic E-state index is 0.105. The van der Waals surface area contributed by atoms with Gasteiger partial charge in [0.05, 0.1) is 19.8 Å². The molecule has 2 saturated heterocycles. The molecule has 146 valence electrons. The Morgan fingerprint density at radius 1 is 1.19 bits per heavy atom. The molecule has 2 fully saturated rings. The van der Waals surface area contributed by atoms with Crippen molar-refractivity contribution in [3.05, 3.63) is 35.9 Å². The third-order valence-corrected chi connectivity index (χ3v) is 4.80. The van der Waals surface area contributed by atoms with Gasteiger partial charge in [0.25, 0.3) is 5.91 Å². The average Bonchev–Trinajstić information content (AvgIpc) is 2.95. The van der Waals surface area contributed by atoms with Crippen LogP contribution in [0, 0.1) is 0 Å². The molecule has 0 aromatic heterocycles. The van der Waals surface area contributed by atoms with Gasteiger partial charge in [-0.2, -0.15) is 0 Å². The second-order valence-corrected chi connectivity index (χ2v) is 6.75. The standard InChI is InChI=1S/C19H26N4O4/c24-17(20-8-9-22-10-12-27-13-11-22)7-6-16-18(25)23(19(26)21-16)14-15-4-2-1-3-5-15/h1-5,16H,6-14H2,(H,20,24)(H,21,26). The van der Waals surface area contributed by atoms with Gasteiger partial charge in [0, 0.05) is 32.6 Å². The molecule has 2 aliphatic rings. The monoisotopic (exact) mass is 374 g/mol. The number of hydrogen-bond donors (Lipinski definition) is 2. The van der Waals surface area contributed by atoms with Crippen molar-refractivity contribution in [2.24, 2.45) is 0 Å². The molecule has 2 heterocycles. The van der Waals surface area contributed by atoms with E-state index in [-0.39, 0.29) is 24.8 Å². The van der Waals surface area contributed by atoms with Crippen molar-refractivity contribution < 1.29 is 19.1 Å². The normalized spacial score (nSPS) is 20.6. The molecule has 0 bridgehead atoms. The van der Waals surface area contributed by atoms with Crippen molar-refractivity contribution in [2.45, 2.75) is 25.4 Å². The lowest BCUT2D eigenvalue weighted by Crippen LogP contribution is -2.41. The van der Waals surface area contributed by atoms with E-state index < -0.39 is 12.1 Å². The van der Waals surface area contributed by atoms with Crippen LogP contribution in [-0.2, 0) is 20.9 Å². The van der Waals surface area contributed by atoms with Crippen LogP contribution in [0.3, 0.4) is 0 Å². The molecular weight excluding hydrogens is 348 g/mol. The van der Waals surface area contributed by atoms with Crippen molar-refractivity contribution >= 4 is 17.8 Å². The molecule has 1 atom stereocenters. The summed E-state index contributed by atoms with van der Waals surface area (Å²) in [4.78, 5) is 40.0. The lowest BCUT2D eigenvalue weighted by atomic mass is 10.1. The van der Waals surface area contributed by atoms with E-state index in [4.69, 9.17) is 4.74 Å². The lowest BCUT2D eigenvalue weighted by Gasteiger charge is -2.26. The van der Waals surface area contributed by atoms with Crippen LogP contribution in [0.25, 0.3) is 0 Å². The highest BCUT2D eigenvalue weighted by atomic mass is 16.5. The van der Waals surface area contributed by atoms with Crippen molar-refractivity contribution in [3.8, 4) is 0 Å². The summed E-state index contributed by atoms with van der Waals surface area (Å²) in [6.07, 6.45) is 0.512. The molecular formula is C19H26N4O4. The number of carbonyl (C=O) groups is 3. The van der Waals surface area contributed by atoms with E-state index in [1.807, 2.05) is 30.3 Å². The number of nitrogens with zero attached hydrogens (tertiary/aromatic N) is 2. The zero-order valence-electron chi connectivity index (χ0n) is 15.4. The minimum atomic E-state index is -0.633. The minimum Gasteiger partial charge on any atom is -0.379 e. The Balaban J connectivity index is 1.38. The second kappa shape index (κ2) is 9.48. The van der Waals surface area contributed by atoms with Gasteiger partial charge in [-0.3, -0.25) is 19.4 Å². The highest BCUT2D eigenvalue weighted by Gasteiger charge is 2.37. The maximum Gasteiger partial charge on any atom is 0.325 e. The second-order valence-electron chi connectivity index (χ2n) is 6.75. The van der Waals surface area contributed by atoms with Gasteiger partial charge in [-0.25, -0.2) is 4.79 Å². The van der Waals surface area contributed by atoms with Crippen LogP contribution >= 0.6 is 0 Å². The van der Waals surface area contributed by atoms with E-state index >= 15 is 0 Å². The first-order valence-corrected chi connectivity index (χ1v) is 9.36. The number of hydrogen-bond acceptors (Lipinski definition) is 5. The smallest absolute Gasteiger partial charge is 0.325 e. The first kappa shape index (κ1) is 19.3. The van der Waals surface area contributed by atoms with Gasteiger partial charge in [-0.15, -0.1) is 0 Å². The molecule has 3 rings (SSSR count). The van der Waals surface area contributed by atoms with E-state index in [1.54, 1.807) is 0 Å². The van der Waals surface area contributed by atoms with E-state index in [1.165, 1.54) is 4.90 Å². The molecule has 4 amide bonds. The molecule has 2 N–H and O–H groups in total. The van der Waals surface area contributed by atoms with E-state index in [0.717, 1.165) is 38.4 Å². The predicted octanol–water partition coefficient (Wildman–Crippen LogP) is 0.336. The maximum absolute atomic E-state index is 12.4. The van der Waals surface area contributed by atoms with E-state index in [0.29, 0.717) is 13.0 Å². The first-order valence-electron chi connectivity index (χ1n) is 9.36. The van der Waals surface area contributed by atoms with Crippen molar-refractivity contribution in [1.29, 1.82) is 0 Å². The summed E-state index contributed by atoms with van der Waals surface area (Å²) in [5.41, 5.74) is 0.891. The zero-order valence-corrected chi connectivity index (χ0v) is 15.4. The van der Waals surface area contributed by atoms with E-state index in [2.05, 4.69) is 15.5 Å². The molecule has 8 heteroatoms. The number of urea groups is 1. The van der Waals surface area contributed by atoms with Crippen molar-refractivity contribution in [1.82, 2.24) is 20.4 Å². The molecule has 0 saturated carbocycles. The van der Waals surface area contributed by atoms with Gasteiger partial charge >= 0.3 is 6.03 Å². The molecule has 1 aromatic carbocycles. The SMILES string of the molecule is O=C(CCC1NC(=O)N(Cc2ccccc2)C1=O)NCCN1CCOCC1. The Bertz CT molecular complexity index is 661. The Hall–Kier alpha value is -2.45. The van der Waals surface area contributed by atoms with Gasteiger partial charge in [0.15, 0.2) is 0 Å². The van der Waals surface area contributed by atoms with Gasteiger partial charge in [0.2, 0.25) is 5.91 Å². The van der Waals surface area contributed by atoms with Gasteiger partial charge < -0.3 is 15.4 Å².